The summed E-state index contributed by atoms with van der Waals surface area (Å²) in [6.45, 7) is 3.36. The van der Waals surface area contributed by atoms with Crippen LogP contribution in [0.2, 0.25) is 0 Å². The summed E-state index contributed by atoms with van der Waals surface area (Å²) in [7, 11) is 0. The predicted octanol–water partition coefficient (Wildman–Crippen LogP) is 5.61. The van der Waals surface area contributed by atoms with Crippen molar-refractivity contribution >= 4 is 16.9 Å². The Balaban J connectivity index is 1.41. The highest BCUT2D eigenvalue weighted by molar-refractivity contribution is 5.86. The molecule has 0 radical (unpaired) electrons. The Morgan fingerprint density at radius 1 is 1.11 bits per heavy atom. The summed E-state index contributed by atoms with van der Waals surface area (Å²) >= 11 is 0. The van der Waals surface area contributed by atoms with E-state index in [2.05, 4.69) is 15.4 Å². The monoisotopic (exact) mass is 475 g/mol. The molecule has 5 rings (SSSR count). The van der Waals surface area contributed by atoms with Gasteiger partial charge in [0.1, 0.15) is 12.2 Å². The Hall–Kier alpha value is -4.27. The number of fused-ring (bicyclic) bond motifs is 1. The lowest BCUT2D eigenvalue weighted by Crippen LogP contribution is -2.30. The summed E-state index contributed by atoms with van der Waals surface area (Å²) in [6.07, 6.45) is 2.62. The number of nitrogens with zero attached hydrogens (tertiary/aromatic N) is 4. The smallest absolute Gasteiger partial charge is 0.264 e. The number of furan rings is 1. The predicted molar refractivity (Wildman–Crippen MR) is 127 cm³/mol. The van der Waals surface area contributed by atoms with Gasteiger partial charge in [-0.3, -0.25) is 4.79 Å². The lowest BCUT2D eigenvalue weighted by atomic mass is 10.1. The van der Waals surface area contributed by atoms with E-state index < -0.39 is 6.43 Å². The first-order chi connectivity index (χ1) is 16.9. The Morgan fingerprint density at radius 2 is 1.91 bits per heavy atom. The second kappa shape index (κ2) is 9.17. The van der Waals surface area contributed by atoms with Crippen LogP contribution >= 0.6 is 0 Å². The highest BCUT2D eigenvalue weighted by Gasteiger charge is 2.23. The number of aromatic nitrogens is 4. The molecule has 0 saturated heterocycles. The molecule has 7 nitrogen and oxygen atoms in total. The summed E-state index contributed by atoms with van der Waals surface area (Å²) in [5.74, 6) is 0.0527. The van der Waals surface area contributed by atoms with Crippen molar-refractivity contribution < 1.29 is 18.0 Å². The van der Waals surface area contributed by atoms with E-state index >= 15 is 0 Å². The van der Waals surface area contributed by atoms with Crippen LogP contribution in [0.15, 0.2) is 77.7 Å². The number of alkyl halides is 2. The van der Waals surface area contributed by atoms with Crippen LogP contribution in [0, 0.1) is 6.92 Å². The third-order valence-electron chi connectivity index (χ3n) is 5.86. The number of halogens is 2. The summed E-state index contributed by atoms with van der Waals surface area (Å²) in [5, 5.41) is 7.56. The third kappa shape index (κ3) is 4.44. The molecule has 0 aliphatic carbocycles. The van der Waals surface area contributed by atoms with Crippen molar-refractivity contribution in [3.05, 3.63) is 90.1 Å². The zero-order chi connectivity index (χ0) is 24.5. The average Bonchev–Trinajstić information content (AvgIpc) is 3.61. The van der Waals surface area contributed by atoms with Crippen molar-refractivity contribution in [3.63, 3.8) is 0 Å². The maximum Gasteiger partial charge on any atom is 0.264 e. The number of amides is 1. The second-order valence-corrected chi connectivity index (χ2v) is 8.29. The van der Waals surface area contributed by atoms with Crippen LogP contribution in [0.3, 0.4) is 0 Å². The molecule has 1 atom stereocenters. The molecule has 0 spiro atoms. The van der Waals surface area contributed by atoms with E-state index in [1.807, 2.05) is 60.3 Å². The Morgan fingerprint density at radius 3 is 2.63 bits per heavy atom. The van der Waals surface area contributed by atoms with Gasteiger partial charge in [0.25, 0.3) is 6.43 Å². The van der Waals surface area contributed by atoms with Crippen LogP contribution in [0.1, 0.15) is 36.2 Å². The summed E-state index contributed by atoms with van der Waals surface area (Å²) in [4.78, 5) is 17.4. The van der Waals surface area contributed by atoms with Gasteiger partial charge in [-0.05, 0) is 61.9 Å². The largest absolute Gasteiger partial charge is 0.463 e. The quantitative estimate of drug-likeness (QED) is 0.332. The molecule has 0 aliphatic heterocycles. The van der Waals surface area contributed by atoms with Gasteiger partial charge in [0.15, 0.2) is 11.4 Å². The van der Waals surface area contributed by atoms with E-state index in [-0.39, 0.29) is 40.8 Å². The molecule has 35 heavy (non-hydrogen) atoms. The molecule has 1 aromatic carbocycles. The number of pyridine rings is 1. The highest BCUT2D eigenvalue weighted by Crippen LogP contribution is 2.33. The Labute approximate surface area is 200 Å². The van der Waals surface area contributed by atoms with Crippen molar-refractivity contribution in [3.8, 4) is 17.1 Å². The minimum absolute atomic E-state index is 0.163. The van der Waals surface area contributed by atoms with Crippen LogP contribution in [0.25, 0.3) is 28.2 Å². The van der Waals surface area contributed by atoms with Gasteiger partial charge in [0, 0.05) is 23.6 Å². The maximum atomic E-state index is 13.9. The first-order valence-corrected chi connectivity index (χ1v) is 11.1. The number of rotatable bonds is 7. The normalized spacial score (nSPS) is 12.4. The van der Waals surface area contributed by atoms with Gasteiger partial charge in [-0.1, -0.05) is 12.1 Å². The second-order valence-electron chi connectivity index (χ2n) is 8.29. The lowest BCUT2D eigenvalue weighted by molar-refractivity contribution is -0.122. The summed E-state index contributed by atoms with van der Waals surface area (Å²) in [5.41, 5.74) is 2.58. The zero-order valence-corrected chi connectivity index (χ0v) is 19.2. The van der Waals surface area contributed by atoms with E-state index in [1.165, 1.54) is 17.0 Å². The van der Waals surface area contributed by atoms with Crippen molar-refractivity contribution in [1.29, 1.82) is 0 Å². The number of aryl methyl sites for hydroxylation is 1. The molecule has 4 heterocycles. The van der Waals surface area contributed by atoms with Crippen LogP contribution in [-0.2, 0) is 11.3 Å². The number of benzene rings is 1. The molecular formula is C26H23F2N5O2. The van der Waals surface area contributed by atoms with Gasteiger partial charge in [0.2, 0.25) is 5.91 Å². The van der Waals surface area contributed by atoms with E-state index in [9.17, 15) is 13.6 Å². The van der Waals surface area contributed by atoms with E-state index in [0.717, 1.165) is 11.3 Å². The lowest BCUT2D eigenvalue weighted by Gasteiger charge is -2.16. The molecule has 0 bridgehead atoms. The number of hydrogen-bond acceptors (Lipinski definition) is 4. The van der Waals surface area contributed by atoms with Crippen LogP contribution in [0.5, 0.6) is 0 Å². The van der Waals surface area contributed by atoms with Crippen LogP contribution in [0.4, 0.5) is 8.78 Å². The number of carbonyl (C=O) groups is 1. The fourth-order valence-corrected chi connectivity index (χ4v) is 4.19. The van der Waals surface area contributed by atoms with Gasteiger partial charge >= 0.3 is 0 Å². The zero-order valence-electron chi connectivity index (χ0n) is 19.2. The Kier molecular flexibility index (Phi) is 5.90. The van der Waals surface area contributed by atoms with E-state index in [0.29, 0.717) is 11.5 Å². The minimum atomic E-state index is -2.73. The van der Waals surface area contributed by atoms with Crippen molar-refractivity contribution in [2.24, 2.45) is 0 Å². The third-order valence-corrected chi connectivity index (χ3v) is 5.86. The first kappa shape index (κ1) is 22.5. The number of carbonyl (C=O) groups excluding carboxylic acids is 1. The fraction of sp³-hybridized carbons (Fsp3) is 0.192. The van der Waals surface area contributed by atoms with Crippen molar-refractivity contribution in [2.75, 3.05) is 0 Å². The molecule has 0 aliphatic rings. The topological polar surface area (TPSA) is 77.9 Å². The molecule has 178 valence electrons. The molecule has 1 N–H and O–H groups in total. The Bertz CT molecular complexity index is 1470. The van der Waals surface area contributed by atoms with Crippen molar-refractivity contribution in [2.45, 2.75) is 32.9 Å². The SMILES string of the molecule is Cc1nn(CC(=O)NC(C)c2cccc(-n3cccc3)c2)c2nc(-c3ccco3)cc(C(F)F)c12. The molecule has 5 aromatic rings. The van der Waals surface area contributed by atoms with Gasteiger partial charge in [-0.15, -0.1) is 0 Å². The number of nitrogens with one attached hydrogen (secondary N) is 1. The van der Waals surface area contributed by atoms with Gasteiger partial charge in [-0.25, -0.2) is 18.4 Å². The average molecular weight is 475 g/mol. The minimum Gasteiger partial charge on any atom is -0.463 e. The number of hydrogen-bond donors (Lipinski definition) is 1. The molecule has 1 unspecified atom stereocenters. The van der Waals surface area contributed by atoms with Gasteiger partial charge in [-0.2, -0.15) is 5.10 Å². The van der Waals surface area contributed by atoms with Gasteiger partial charge < -0.3 is 14.3 Å². The van der Waals surface area contributed by atoms with Crippen molar-refractivity contribution in [1.82, 2.24) is 24.6 Å². The fourth-order valence-electron chi connectivity index (χ4n) is 4.19. The molecule has 4 aromatic heterocycles. The first-order valence-electron chi connectivity index (χ1n) is 11.1. The summed E-state index contributed by atoms with van der Waals surface area (Å²) < 4.78 is 36.5. The van der Waals surface area contributed by atoms with E-state index in [1.54, 1.807) is 19.1 Å². The summed E-state index contributed by atoms with van der Waals surface area (Å²) in [6, 6.07) is 16.1. The molecule has 9 heteroatoms. The molecule has 0 fully saturated rings. The van der Waals surface area contributed by atoms with Gasteiger partial charge in [0.05, 0.1) is 23.4 Å². The van der Waals surface area contributed by atoms with Crippen LogP contribution in [-0.4, -0.2) is 25.2 Å². The standard InChI is InChI=1S/C26H23F2N5O2/c1-16(18-7-5-8-19(13-18)32-10-3-4-11-32)29-23(34)15-33-26-24(17(2)31-33)20(25(27)28)14-21(30-26)22-9-6-12-35-22/h3-14,16,25H,15H2,1-2H3,(H,29,34). The molecule has 1 amide bonds. The highest BCUT2D eigenvalue weighted by atomic mass is 19.3. The molecular weight excluding hydrogens is 452 g/mol. The maximum absolute atomic E-state index is 13.9. The molecule has 0 saturated carbocycles. The van der Waals surface area contributed by atoms with Crippen LogP contribution < -0.4 is 5.32 Å². The van der Waals surface area contributed by atoms with E-state index in [4.69, 9.17) is 4.42 Å².